The van der Waals surface area contributed by atoms with E-state index in [1.165, 1.54) is 29.8 Å². The van der Waals surface area contributed by atoms with E-state index in [1.807, 2.05) is 29.2 Å². The van der Waals surface area contributed by atoms with Gasteiger partial charge in [-0.25, -0.2) is 4.39 Å². The predicted octanol–water partition coefficient (Wildman–Crippen LogP) is 3.37. The molecule has 1 aliphatic heterocycles. The van der Waals surface area contributed by atoms with Gasteiger partial charge in [-0.05, 0) is 54.2 Å². The molecule has 0 spiro atoms. The molecular formula is C22H24FNO3. The number of carbonyl (C=O) groups excluding carboxylic acids is 2. The molecule has 0 bridgehead atoms. The molecule has 1 fully saturated rings. The van der Waals surface area contributed by atoms with Gasteiger partial charge in [-0.3, -0.25) is 9.59 Å². The molecule has 1 saturated heterocycles. The van der Waals surface area contributed by atoms with Gasteiger partial charge in [0.2, 0.25) is 5.91 Å². The minimum atomic E-state index is -0.378. The van der Waals surface area contributed by atoms with Gasteiger partial charge < -0.3 is 10.0 Å². The highest BCUT2D eigenvalue weighted by atomic mass is 19.1. The molecule has 1 N–H and O–H groups in total. The summed E-state index contributed by atoms with van der Waals surface area (Å²) in [6.07, 6.45) is 2.20. The van der Waals surface area contributed by atoms with Gasteiger partial charge in [0.25, 0.3) is 0 Å². The summed E-state index contributed by atoms with van der Waals surface area (Å²) in [6.45, 7) is 1.48. The molecule has 5 heteroatoms. The monoisotopic (exact) mass is 369 g/mol. The Morgan fingerprint density at radius 2 is 1.67 bits per heavy atom. The third-order valence-electron chi connectivity index (χ3n) is 5.10. The van der Waals surface area contributed by atoms with E-state index in [2.05, 4.69) is 0 Å². The van der Waals surface area contributed by atoms with Crippen LogP contribution >= 0.6 is 0 Å². The number of ketones is 1. The summed E-state index contributed by atoms with van der Waals surface area (Å²) in [5.41, 5.74) is 2.54. The lowest BCUT2D eigenvalue weighted by Crippen LogP contribution is -2.29. The number of hydrogen-bond donors (Lipinski definition) is 1. The van der Waals surface area contributed by atoms with E-state index in [0.717, 1.165) is 24.9 Å². The molecule has 1 unspecified atom stereocenters. The van der Waals surface area contributed by atoms with Crippen LogP contribution in [0.5, 0.6) is 0 Å². The van der Waals surface area contributed by atoms with Crippen LogP contribution in [0.4, 0.5) is 4.39 Å². The molecular weight excluding hydrogens is 345 g/mol. The van der Waals surface area contributed by atoms with Crippen LogP contribution in [0, 0.1) is 11.7 Å². The van der Waals surface area contributed by atoms with Crippen LogP contribution in [0.2, 0.25) is 0 Å². The average Bonchev–Trinajstić information content (AvgIpc) is 3.15. The van der Waals surface area contributed by atoms with Gasteiger partial charge in [-0.1, -0.05) is 24.3 Å². The fourth-order valence-corrected chi connectivity index (χ4v) is 3.50. The lowest BCUT2D eigenvalue weighted by atomic mass is 9.98. The lowest BCUT2D eigenvalue weighted by molar-refractivity contribution is -0.130. The van der Waals surface area contributed by atoms with Crippen LogP contribution in [0.15, 0.2) is 48.5 Å². The Morgan fingerprint density at radius 3 is 2.33 bits per heavy atom. The number of nitrogens with zero attached hydrogens (tertiary/aromatic N) is 1. The minimum Gasteiger partial charge on any atom is -0.392 e. The topological polar surface area (TPSA) is 57.6 Å². The summed E-state index contributed by atoms with van der Waals surface area (Å²) >= 11 is 0. The van der Waals surface area contributed by atoms with Gasteiger partial charge in [0, 0.05) is 31.5 Å². The first-order valence-corrected chi connectivity index (χ1v) is 9.30. The Labute approximate surface area is 158 Å². The number of halogens is 1. The van der Waals surface area contributed by atoms with E-state index in [-0.39, 0.29) is 37.0 Å². The molecule has 0 aromatic heterocycles. The molecule has 0 aliphatic carbocycles. The van der Waals surface area contributed by atoms with Gasteiger partial charge in [0.1, 0.15) is 5.82 Å². The minimum absolute atomic E-state index is 0.00332. The summed E-state index contributed by atoms with van der Waals surface area (Å²) in [6, 6.07) is 13.3. The molecule has 1 heterocycles. The van der Waals surface area contributed by atoms with Crippen LogP contribution in [0.1, 0.15) is 40.7 Å². The number of hydrogen-bond acceptors (Lipinski definition) is 3. The number of aliphatic hydroxyl groups is 1. The standard InChI is InChI=1S/C22H24FNO3/c23-20-7-5-19(6-8-20)21(26)9-10-22(27)24-12-11-18(14-24)13-16-1-3-17(15-25)4-2-16/h1-8,18,25H,9-15H2. The zero-order chi connectivity index (χ0) is 19.2. The number of benzene rings is 2. The highest BCUT2D eigenvalue weighted by Crippen LogP contribution is 2.22. The molecule has 1 atom stereocenters. The van der Waals surface area contributed by atoms with Crippen molar-refractivity contribution in [1.29, 1.82) is 0 Å². The maximum absolute atomic E-state index is 12.9. The quantitative estimate of drug-likeness (QED) is 0.762. The number of carbonyl (C=O) groups is 2. The summed E-state index contributed by atoms with van der Waals surface area (Å²) < 4.78 is 12.9. The first kappa shape index (κ1) is 19.2. The first-order chi connectivity index (χ1) is 13.0. The van der Waals surface area contributed by atoms with Crippen molar-refractivity contribution >= 4 is 11.7 Å². The predicted molar refractivity (Wildman–Crippen MR) is 101 cm³/mol. The molecule has 1 amide bonds. The third-order valence-corrected chi connectivity index (χ3v) is 5.10. The molecule has 4 nitrogen and oxygen atoms in total. The largest absolute Gasteiger partial charge is 0.392 e. The highest BCUT2D eigenvalue weighted by molar-refractivity contribution is 5.97. The zero-order valence-corrected chi connectivity index (χ0v) is 15.2. The lowest BCUT2D eigenvalue weighted by Gasteiger charge is -2.16. The molecule has 0 radical (unpaired) electrons. The fraction of sp³-hybridized carbons (Fsp3) is 0.364. The number of rotatable bonds is 7. The number of Topliss-reactive ketones (excluding diaryl/α,β-unsaturated/α-hetero) is 1. The second-order valence-corrected chi connectivity index (χ2v) is 7.10. The number of amides is 1. The maximum Gasteiger partial charge on any atom is 0.223 e. The Kier molecular flexibility index (Phi) is 6.35. The summed E-state index contributed by atoms with van der Waals surface area (Å²) in [5.74, 6) is -0.0925. The van der Waals surface area contributed by atoms with Gasteiger partial charge in [-0.2, -0.15) is 0 Å². The van der Waals surface area contributed by atoms with E-state index in [9.17, 15) is 14.0 Å². The summed E-state index contributed by atoms with van der Waals surface area (Å²) in [7, 11) is 0. The Hall–Kier alpha value is -2.53. The average molecular weight is 369 g/mol. The normalized spacial score (nSPS) is 16.5. The number of aliphatic hydroxyl groups excluding tert-OH is 1. The Balaban J connectivity index is 1.45. The second-order valence-electron chi connectivity index (χ2n) is 7.10. The molecule has 2 aromatic rings. The van der Waals surface area contributed by atoms with Gasteiger partial charge in [0.15, 0.2) is 5.78 Å². The van der Waals surface area contributed by atoms with E-state index in [1.54, 1.807) is 0 Å². The van der Waals surface area contributed by atoms with Crippen LogP contribution in [-0.4, -0.2) is 34.8 Å². The van der Waals surface area contributed by atoms with Crippen molar-refractivity contribution < 1.29 is 19.1 Å². The molecule has 27 heavy (non-hydrogen) atoms. The van der Waals surface area contributed by atoms with Crippen molar-refractivity contribution in [2.75, 3.05) is 13.1 Å². The summed E-state index contributed by atoms with van der Waals surface area (Å²) in [4.78, 5) is 26.4. The van der Waals surface area contributed by atoms with E-state index in [4.69, 9.17) is 5.11 Å². The molecule has 0 saturated carbocycles. The van der Waals surface area contributed by atoms with Crippen molar-refractivity contribution in [2.45, 2.75) is 32.3 Å². The van der Waals surface area contributed by atoms with Gasteiger partial charge in [0.05, 0.1) is 6.61 Å². The van der Waals surface area contributed by atoms with Crippen molar-refractivity contribution in [2.24, 2.45) is 5.92 Å². The van der Waals surface area contributed by atoms with Gasteiger partial charge in [-0.15, -0.1) is 0 Å². The van der Waals surface area contributed by atoms with Crippen molar-refractivity contribution in [3.63, 3.8) is 0 Å². The molecule has 1 aliphatic rings. The first-order valence-electron chi connectivity index (χ1n) is 9.30. The third kappa shape index (κ3) is 5.23. The highest BCUT2D eigenvalue weighted by Gasteiger charge is 2.26. The van der Waals surface area contributed by atoms with Crippen molar-refractivity contribution in [3.05, 3.63) is 71.0 Å². The molecule has 142 valence electrons. The Morgan fingerprint density at radius 1 is 1.00 bits per heavy atom. The van der Waals surface area contributed by atoms with Crippen molar-refractivity contribution in [3.8, 4) is 0 Å². The molecule has 2 aromatic carbocycles. The van der Waals surface area contributed by atoms with Gasteiger partial charge >= 0.3 is 0 Å². The fourth-order valence-electron chi connectivity index (χ4n) is 3.50. The van der Waals surface area contributed by atoms with Crippen LogP contribution in [0.25, 0.3) is 0 Å². The molecule has 3 rings (SSSR count). The zero-order valence-electron chi connectivity index (χ0n) is 15.2. The van der Waals surface area contributed by atoms with Crippen LogP contribution < -0.4 is 0 Å². The smallest absolute Gasteiger partial charge is 0.223 e. The van der Waals surface area contributed by atoms with Crippen LogP contribution in [-0.2, 0) is 17.8 Å². The van der Waals surface area contributed by atoms with Crippen LogP contribution in [0.3, 0.4) is 0 Å². The second kappa shape index (κ2) is 8.91. The van der Waals surface area contributed by atoms with E-state index >= 15 is 0 Å². The Bertz CT molecular complexity index is 786. The summed E-state index contributed by atoms with van der Waals surface area (Å²) in [5, 5.41) is 9.10. The van der Waals surface area contributed by atoms with E-state index in [0.29, 0.717) is 18.0 Å². The maximum atomic E-state index is 12.9. The SMILES string of the molecule is O=C(CCC(=O)N1CCC(Cc2ccc(CO)cc2)C1)c1ccc(F)cc1. The number of likely N-dealkylation sites (tertiary alicyclic amines) is 1. The van der Waals surface area contributed by atoms with Crippen molar-refractivity contribution in [1.82, 2.24) is 4.90 Å². The van der Waals surface area contributed by atoms with E-state index < -0.39 is 0 Å².